The third kappa shape index (κ3) is 5.51. The number of anilines is 1. The lowest BCUT2D eigenvalue weighted by Crippen LogP contribution is -2.40. The van der Waals surface area contributed by atoms with Crippen molar-refractivity contribution < 1.29 is 13.2 Å². The molecule has 3 aromatic rings. The number of halogens is 1. The first-order valence-electron chi connectivity index (χ1n) is 10.8. The molecule has 33 heavy (non-hydrogen) atoms. The second kappa shape index (κ2) is 9.89. The highest BCUT2D eigenvalue weighted by Crippen LogP contribution is 2.24. The summed E-state index contributed by atoms with van der Waals surface area (Å²) in [6.07, 6.45) is 1.38. The third-order valence-electron chi connectivity index (χ3n) is 5.80. The maximum Gasteiger partial charge on any atom is 0.225 e. The molecule has 2 aromatic carbocycles. The fraction of sp³-hybridized carbons (Fsp3) is 0.292. The summed E-state index contributed by atoms with van der Waals surface area (Å²) in [7, 11) is -3.71. The van der Waals surface area contributed by atoms with Crippen molar-refractivity contribution in [2.75, 3.05) is 18.0 Å². The number of amides is 1. The summed E-state index contributed by atoms with van der Waals surface area (Å²) >= 11 is 5.89. The van der Waals surface area contributed by atoms with E-state index < -0.39 is 9.84 Å². The van der Waals surface area contributed by atoms with Gasteiger partial charge in [0.15, 0.2) is 10.8 Å². The molecular weight excluding hydrogens is 460 g/mol. The van der Waals surface area contributed by atoms with E-state index in [1.165, 1.54) is 6.07 Å². The molecule has 1 aromatic heterocycles. The highest BCUT2D eigenvalue weighted by atomic mass is 35.5. The lowest BCUT2D eigenvalue weighted by atomic mass is 9.96. The number of carbonyl (C=O) groups is 1. The Bertz CT molecular complexity index is 1210. The van der Waals surface area contributed by atoms with Gasteiger partial charge in [-0.3, -0.25) is 4.79 Å². The molecule has 2 heterocycles. The number of carbonyl (C=O) groups excluding carboxylic acids is 1. The molecule has 1 N–H and O–H groups in total. The van der Waals surface area contributed by atoms with Crippen LogP contribution >= 0.6 is 11.6 Å². The number of nitrogens with zero attached hydrogens (tertiary/aromatic N) is 3. The fourth-order valence-corrected chi connectivity index (χ4v) is 5.03. The van der Waals surface area contributed by atoms with Crippen molar-refractivity contribution in [3.63, 3.8) is 0 Å². The monoisotopic (exact) mass is 484 g/mol. The maximum absolute atomic E-state index is 12.8. The van der Waals surface area contributed by atoms with Crippen LogP contribution in [-0.2, 0) is 21.2 Å². The molecule has 0 radical (unpaired) electrons. The molecule has 0 aliphatic carbocycles. The molecule has 0 spiro atoms. The molecule has 0 saturated carbocycles. The van der Waals surface area contributed by atoms with E-state index in [-0.39, 0.29) is 21.7 Å². The predicted molar refractivity (Wildman–Crippen MR) is 127 cm³/mol. The first-order valence-corrected chi connectivity index (χ1v) is 12.6. The lowest BCUT2D eigenvalue weighted by Gasteiger charge is -2.31. The zero-order chi connectivity index (χ0) is 23.4. The van der Waals surface area contributed by atoms with Gasteiger partial charge in [-0.25, -0.2) is 8.42 Å². The SMILES string of the molecule is Cc1ccc(S(=O)(=O)c2ccc(N3CCC(C(=O)NCc4ccc(Cl)cc4)CC3)nn2)cc1. The standard InChI is InChI=1S/C24H25ClN4O3S/c1-17-2-8-21(9-3-17)33(31,32)23-11-10-22(27-28-23)29-14-12-19(13-15-29)24(30)26-16-18-4-6-20(25)7-5-18/h2-11,19H,12-16H2,1H3,(H,26,30). The molecule has 4 rings (SSSR count). The average molecular weight is 485 g/mol. The normalized spacial score (nSPS) is 14.8. The van der Waals surface area contributed by atoms with Crippen LogP contribution in [0.3, 0.4) is 0 Å². The zero-order valence-electron chi connectivity index (χ0n) is 18.2. The molecule has 1 fully saturated rings. The smallest absolute Gasteiger partial charge is 0.225 e. The van der Waals surface area contributed by atoms with Gasteiger partial charge in [-0.2, -0.15) is 0 Å². The van der Waals surface area contributed by atoms with Gasteiger partial charge in [0.1, 0.15) is 0 Å². The zero-order valence-corrected chi connectivity index (χ0v) is 19.8. The van der Waals surface area contributed by atoms with Crippen LogP contribution in [0.2, 0.25) is 5.02 Å². The summed E-state index contributed by atoms with van der Waals surface area (Å²) in [5, 5.41) is 11.7. The van der Waals surface area contributed by atoms with Gasteiger partial charge in [0.2, 0.25) is 15.7 Å². The van der Waals surface area contributed by atoms with Crippen molar-refractivity contribution in [2.45, 2.75) is 36.2 Å². The summed E-state index contributed by atoms with van der Waals surface area (Å²) in [5.74, 6) is 0.579. The second-order valence-electron chi connectivity index (χ2n) is 8.15. The number of sulfone groups is 1. The number of nitrogens with one attached hydrogen (secondary N) is 1. The number of aromatic nitrogens is 2. The number of hydrogen-bond acceptors (Lipinski definition) is 6. The molecule has 1 saturated heterocycles. The Labute approximate surface area is 198 Å². The van der Waals surface area contributed by atoms with Gasteiger partial charge in [0.05, 0.1) is 4.90 Å². The Morgan fingerprint density at radius 1 is 1.00 bits per heavy atom. The number of aryl methyl sites for hydroxylation is 1. The van der Waals surface area contributed by atoms with E-state index in [4.69, 9.17) is 11.6 Å². The second-order valence-corrected chi connectivity index (χ2v) is 10.5. The molecule has 7 nitrogen and oxygen atoms in total. The van der Waals surface area contributed by atoms with Crippen molar-refractivity contribution >= 4 is 33.2 Å². The van der Waals surface area contributed by atoms with Gasteiger partial charge in [-0.05, 0) is 61.7 Å². The van der Waals surface area contributed by atoms with E-state index in [1.54, 1.807) is 42.5 Å². The molecule has 172 valence electrons. The van der Waals surface area contributed by atoms with Gasteiger partial charge in [-0.15, -0.1) is 10.2 Å². The summed E-state index contributed by atoms with van der Waals surface area (Å²) in [6, 6.07) is 17.2. The molecule has 0 unspecified atom stereocenters. The van der Waals surface area contributed by atoms with Crippen LogP contribution in [0.1, 0.15) is 24.0 Å². The van der Waals surface area contributed by atoms with E-state index in [0.717, 1.165) is 11.1 Å². The van der Waals surface area contributed by atoms with Crippen LogP contribution in [0.15, 0.2) is 70.6 Å². The van der Waals surface area contributed by atoms with E-state index in [0.29, 0.717) is 43.3 Å². The molecule has 1 aliphatic heterocycles. The Morgan fingerprint density at radius 3 is 2.27 bits per heavy atom. The van der Waals surface area contributed by atoms with E-state index >= 15 is 0 Å². The van der Waals surface area contributed by atoms with Crippen molar-refractivity contribution in [1.29, 1.82) is 0 Å². The summed E-state index contributed by atoms with van der Waals surface area (Å²) in [4.78, 5) is 14.8. The third-order valence-corrected chi connectivity index (χ3v) is 7.72. The van der Waals surface area contributed by atoms with E-state index in [9.17, 15) is 13.2 Å². The van der Waals surface area contributed by atoms with Crippen LogP contribution in [0, 0.1) is 12.8 Å². The quantitative estimate of drug-likeness (QED) is 0.572. The van der Waals surface area contributed by atoms with Crippen molar-refractivity contribution in [2.24, 2.45) is 5.92 Å². The van der Waals surface area contributed by atoms with Crippen LogP contribution in [0.5, 0.6) is 0 Å². The van der Waals surface area contributed by atoms with Crippen LogP contribution in [0.25, 0.3) is 0 Å². The topological polar surface area (TPSA) is 92.3 Å². The van der Waals surface area contributed by atoms with Gasteiger partial charge >= 0.3 is 0 Å². The van der Waals surface area contributed by atoms with Gasteiger partial charge in [0, 0.05) is 30.6 Å². The maximum atomic E-state index is 12.8. The van der Waals surface area contributed by atoms with Gasteiger partial charge in [-0.1, -0.05) is 41.4 Å². The molecule has 9 heteroatoms. The Kier molecular flexibility index (Phi) is 6.95. The summed E-state index contributed by atoms with van der Waals surface area (Å²) in [5.41, 5.74) is 1.98. The number of piperidine rings is 1. The first kappa shape index (κ1) is 23.2. The Morgan fingerprint density at radius 2 is 1.67 bits per heavy atom. The Balaban J connectivity index is 1.32. The van der Waals surface area contributed by atoms with Crippen molar-refractivity contribution in [1.82, 2.24) is 15.5 Å². The van der Waals surface area contributed by atoms with Crippen molar-refractivity contribution in [3.05, 3.63) is 76.8 Å². The minimum absolute atomic E-state index is 0.0372. The van der Waals surface area contributed by atoms with Crippen LogP contribution < -0.4 is 10.2 Å². The highest BCUT2D eigenvalue weighted by molar-refractivity contribution is 7.91. The Hall–Kier alpha value is -2.97. The van der Waals surface area contributed by atoms with Gasteiger partial charge in [0.25, 0.3) is 0 Å². The fourth-order valence-electron chi connectivity index (χ4n) is 3.77. The van der Waals surface area contributed by atoms with E-state index in [1.807, 2.05) is 24.0 Å². The van der Waals surface area contributed by atoms with Crippen LogP contribution in [-0.4, -0.2) is 37.6 Å². The molecule has 0 atom stereocenters. The highest BCUT2D eigenvalue weighted by Gasteiger charge is 2.26. The summed E-state index contributed by atoms with van der Waals surface area (Å²) in [6.45, 7) is 3.67. The first-order chi connectivity index (χ1) is 15.8. The lowest BCUT2D eigenvalue weighted by molar-refractivity contribution is -0.125. The number of rotatable bonds is 6. The molecule has 0 bridgehead atoms. The summed E-state index contributed by atoms with van der Waals surface area (Å²) < 4.78 is 25.5. The van der Waals surface area contributed by atoms with Crippen LogP contribution in [0.4, 0.5) is 5.82 Å². The predicted octanol–water partition coefficient (Wildman–Crippen LogP) is 3.80. The average Bonchev–Trinajstić information content (AvgIpc) is 2.84. The van der Waals surface area contributed by atoms with Gasteiger partial charge < -0.3 is 10.2 Å². The minimum atomic E-state index is -3.71. The minimum Gasteiger partial charge on any atom is -0.355 e. The van der Waals surface area contributed by atoms with Crippen molar-refractivity contribution in [3.8, 4) is 0 Å². The number of benzene rings is 2. The molecule has 1 aliphatic rings. The van der Waals surface area contributed by atoms with E-state index in [2.05, 4.69) is 15.5 Å². The molecular formula is C24H25ClN4O3S. The molecule has 1 amide bonds. The number of hydrogen-bond donors (Lipinski definition) is 1. The largest absolute Gasteiger partial charge is 0.355 e.